The third-order valence-corrected chi connectivity index (χ3v) is 2.66. The molecule has 8 heteroatoms. The number of unbranched alkanes of at least 4 members (excludes halogenated alkanes) is 1. The van der Waals surface area contributed by atoms with E-state index in [1.54, 1.807) is 0 Å². The Hall–Kier alpha value is -1.47. The Morgan fingerprint density at radius 1 is 1.30 bits per heavy atom. The van der Waals surface area contributed by atoms with E-state index in [0.717, 1.165) is 20.5 Å². The van der Waals surface area contributed by atoms with Crippen molar-refractivity contribution in [3.8, 4) is 0 Å². The van der Waals surface area contributed by atoms with E-state index in [9.17, 15) is 22.8 Å². The molecule has 0 spiro atoms. The largest absolute Gasteiger partial charge is 0.467 e. The van der Waals surface area contributed by atoms with Gasteiger partial charge in [-0.05, 0) is 12.8 Å². The molecule has 118 valence electrons. The van der Waals surface area contributed by atoms with Gasteiger partial charge in [0.05, 0.1) is 19.6 Å². The average Bonchev–Trinajstić information content (AvgIpc) is 2.36. The molecule has 0 aliphatic rings. The van der Waals surface area contributed by atoms with Gasteiger partial charge in [-0.1, -0.05) is 20.3 Å². The number of amides is 1. The summed E-state index contributed by atoms with van der Waals surface area (Å²) in [6.45, 7) is 2.97. The molecule has 0 bridgehead atoms. The second-order valence-electron chi connectivity index (χ2n) is 4.39. The molecular formula is C12H20F3NO4. The molecule has 2 atom stereocenters. The third kappa shape index (κ3) is 7.20. The summed E-state index contributed by atoms with van der Waals surface area (Å²) < 4.78 is 46.5. The fourth-order valence-corrected chi connectivity index (χ4v) is 1.34. The number of methoxy groups -OCH3 is 1. The van der Waals surface area contributed by atoms with Crippen LogP contribution in [0.4, 0.5) is 18.0 Å². The minimum atomic E-state index is -4.44. The molecule has 0 aliphatic carbocycles. The van der Waals surface area contributed by atoms with Crippen LogP contribution in [0.2, 0.25) is 0 Å². The molecule has 1 amide bonds. The Morgan fingerprint density at radius 3 is 2.35 bits per heavy atom. The van der Waals surface area contributed by atoms with Gasteiger partial charge in [0.1, 0.15) is 6.04 Å². The number of ether oxygens (including phenoxy) is 2. The van der Waals surface area contributed by atoms with Crippen LogP contribution in [0.1, 0.15) is 33.1 Å². The van der Waals surface area contributed by atoms with Crippen molar-refractivity contribution in [3.05, 3.63) is 0 Å². The number of carbonyl (C=O) groups excluding carboxylic acids is 2. The van der Waals surface area contributed by atoms with Gasteiger partial charge in [-0.2, -0.15) is 13.2 Å². The lowest BCUT2D eigenvalue weighted by Crippen LogP contribution is -2.44. The first-order valence-electron chi connectivity index (χ1n) is 6.30. The molecule has 0 aromatic heterocycles. The van der Waals surface area contributed by atoms with Crippen LogP contribution >= 0.6 is 0 Å². The lowest BCUT2D eigenvalue weighted by atomic mass is 10.0. The Balaban J connectivity index is 4.50. The summed E-state index contributed by atoms with van der Waals surface area (Å²) in [7, 11) is 1.04. The molecule has 0 fully saturated rings. The lowest BCUT2D eigenvalue weighted by molar-refractivity contribution is -0.174. The van der Waals surface area contributed by atoms with Crippen LogP contribution in [-0.4, -0.2) is 38.0 Å². The van der Waals surface area contributed by atoms with E-state index >= 15 is 0 Å². The fourth-order valence-electron chi connectivity index (χ4n) is 1.34. The molecule has 0 radical (unpaired) electrons. The maximum absolute atomic E-state index is 12.5. The maximum atomic E-state index is 12.5. The SMILES string of the molecule is CCCCOC(=O)N[C@@H](CC(C)C(F)(F)F)C(=O)OC. The van der Waals surface area contributed by atoms with Crippen LogP contribution in [0, 0.1) is 5.92 Å². The maximum Gasteiger partial charge on any atom is 0.407 e. The van der Waals surface area contributed by atoms with Crippen molar-refractivity contribution in [2.75, 3.05) is 13.7 Å². The van der Waals surface area contributed by atoms with E-state index < -0.39 is 36.6 Å². The second-order valence-corrected chi connectivity index (χ2v) is 4.39. The van der Waals surface area contributed by atoms with Crippen LogP contribution < -0.4 is 5.32 Å². The second kappa shape index (κ2) is 8.65. The number of hydrogen-bond acceptors (Lipinski definition) is 4. The summed E-state index contributed by atoms with van der Waals surface area (Å²) in [4.78, 5) is 22.7. The molecule has 0 rings (SSSR count). The number of alkyl carbamates (subject to hydrolysis) is 1. The van der Waals surface area contributed by atoms with Crippen LogP contribution in [0.5, 0.6) is 0 Å². The monoisotopic (exact) mass is 299 g/mol. The van der Waals surface area contributed by atoms with Crippen LogP contribution in [0.25, 0.3) is 0 Å². The standard InChI is InChI=1S/C12H20F3NO4/c1-4-5-6-20-11(18)16-9(10(17)19-3)7-8(2)12(13,14)15/h8-9H,4-7H2,1-3H3,(H,16,18)/t8?,9-/m0/s1. The van der Waals surface area contributed by atoms with Gasteiger partial charge >= 0.3 is 18.2 Å². The van der Waals surface area contributed by atoms with Gasteiger partial charge in [-0.3, -0.25) is 0 Å². The molecule has 0 saturated heterocycles. The summed E-state index contributed by atoms with van der Waals surface area (Å²) >= 11 is 0. The zero-order valence-electron chi connectivity index (χ0n) is 11.8. The molecule has 20 heavy (non-hydrogen) atoms. The van der Waals surface area contributed by atoms with E-state index in [4.69, 9.17) is 4.74 Å². The molecule has 0 aliphatic heterocycles. The predicted octanol–water partition coefficient (Wildman–Crippen LogP) is 2.64. The average molecular weight is 299 g/mol. The van der Waals surface area contributed by atoms with Crippen molar-refractivity contribution in [3.63, 3.8) is 0 Å². The van der Waals surface area contributed by atoms with E-state index in [1.165, 1.54) is 0 Å². The predicted molar refractivity (Wildman–Crippen MR) is 65.0 cm³/mol. The number of rotatable bonds is 7. The van der Waals surface area contributed by atoms with Crippen molar-refractivity contribution in [1.82, 2.24) is 5.32 Å². The highest BCUT2D eigenvalue weighted by atomic mass is 19.4. The van der Waals surface area contributed by atoms with Crippen molar-refractivity contribution in [1.29, 1.82) is 0 Å². The summed E-state index contributed by atoms with van der Waals surface area (Å²) in [6.07, 6.45) is -4.53. The smallest absolute Gasteiger partial charge is 0.407 e. The number of halogens is 3. The minimum absolute atomic E-state index is 0.144. The molecule has 0 aromatic carbocycles. The van der Waals surface area contributed by atoms with Gasteiger partial charge in [0.15, 0.2) is 0 Å². The van der Waals surface area contributed by atoms with Gasteiger partial charge < -0.3 is 14.8 Å². The quantitative estimate of drug-likeness (QED) is 0.580. The van der Waals surface area contributed by atoms with Crippen LogP contribution in [-0.2, 0) is 14.3 Å². The Morgan fingerprint density at radius 2 is 1.90 bits per heavy atom. The number of hydrogen-bond donors (Lipinski definition) is 1. The lowest BCUT2D eigenvalue weighted by Gasteiger charge is -2.21. The van der Waals surface area contributed by atoms with Crippen molar-refractivity contribution < 1.29 is 32.2 Å². The number of carbonyl (C=O) groups is 2. The summed E-state index contributed by atoms with van der Waals surface area (Å²) in [5.41, 5.74) is 0. The Labute approximate surface area is 115 Å². The summed E-state index contributed by atoms with van der Waals surface area (Å²) in [6, 6.07) is -1.38. The number of esters is 1. The molecule has 1 unspecified atom stereocenters. The van der Waals surface area contributed by atoms with Crippen molar-refractivity contribution in [2.24, 2.45) is 5.92 Å². The zero-order valence-corrected chi connectivity index (χ0v) is 11.8. The molecule has 1 N–H and O–H groups in total. The van der Waals surface area contributed by atoms with Crippen molar-refractivity contribution >= 4 is 12.1 Å². The first-order valence-corrected chi connectivity index (χ1v) is 6.30. The van der Waals surface area contributed by atoms with Gasteiger partial charge in [0.25, 0.3) is 0 Å². The van der Waals surface area contributed by atoms with Gasteiger partial charge in [-0.25, -0.2) is 9.59 Å². The van der Waals surface area contributed by atoms with Crippen molar-refractivity contribution in [2.45, 2.75) is 45.3 Å². The zero-order chi connectivity index (χ0) is 15.8. The Bertz CT molecular complexity index is 320. The van der Waals surface area contributed by atoms with Gasteiger partial charge in [0.2, 0.25) is 0 Å². The van der Waals surface area contributed by atoms with E-state index in [-0.39, 0.29) is 6.61 Å². The van der Waals surface area contributed by atoms with Gasteiger partial charge in [0, 0.05) is 0 Å². The Kier molecular flexibility index (Phi) is 8.02. The highest BCUT2D eigenvalue weighted by molar-refractivity contribution is 5.81. The van der Waals surface area contributed by atoms with E-state index in [0.29, 0.717) is 6.42 Å². The van der Waals surface area contributed by atoms with Gasteiger partial charge in [-0.15, -0.1) is 0 Å². The highest BCUT2D eigenvalue weighted by Gasteiger charge is 2.39. The van der Waals surface area contributed by atoms with E-state index in [1.807, 2.05) is 6.92 Å². The third-order valence-electron chi connectivity index (χ3n) is 2.66. The summed E-state index contributed by atoms with van der Waals surface area (Å²) in [5.74, 6) is -2.68. The number of alkyl halides is 3. The van der Waals surface area contributed by atoms with Crippen LogP contribution in [0.15, 0.2) is 0 Å². The molecule has 0 heterocycles. The minimum Gasteiger partial charge on any atom is -0.467 e. The normalized spacial score (nSPS) is 14.3. The van der Waals surface area contributed by atoms with Crippen LogP contribution in [0.3, 0.4) is 0 Å². The van der Waals surface area contributed by atoms with E-state index in [2.05, 4.69) is 10.1 Å². The topological polar surface area (TPSA) is 64.6 Å². The molecule has 5 nitrogen and oxygen atoms in total. The molecular weight excluding hydrogens is 279 g/mol. The highest BCUT2D eigenvalue weighted by Crippen LogP contribution is 2.29. The molecule has 0 saturated carbocycles. The fraction of sp³-hybridized carbons (Fsp3) is 0.833. The summed E-state index contributed by atoms with van der Waals surface area (Å²) in [5, 5.41) is 2.09. The first-order chi connectivity index (χ1) is 9.22. The first kappa shape index (κ1) is 18.5. The number of nitrogens with one attached hydrogen (secondary N) is 1. The molecule has 0 aromatic rings.